The van der Waals surface area contributed by atoms with Gasteiger partial charge in [-0.2, -0.15) is 4.98 Å². The summed E-state index contributed by atoms with van der Waals surface area (Å²) in [6.45, 7) is 0. The highest BCUT2D eigenvalue weighted by atomic mass is 35.5. The number of nitrogens with one attached hydrogen (secondary N) is 2. The topological polar surface area (TPSA) is 100 Å². The van der Waals surface area contributed by atoms with Crippen LogP contribution in [-0.2, 0) is 0 Å². The van der Waals surface area contributed by atoms with E-state index in [1.165, 1.54) is 18.3 Å². The molecule has 4 rings (SSSR count). The van der Waals surface area contributed by atoms with Crippen LogP contribution in [0.1, 0.15) is 10.4 Å². The summed E-state index contributed by atoms with van der Waals surface area (Å²) < 4.78 is 1.06. The number of carboxylic acids is 1. The van der Waals surface area contributed by atoms with Gasteiger partial charge in [0.15, 0.2) is 5.82 Å². The molecule has 7 nitrogen and oxygen atoms in total. The number of hydrogen-bond acceptors (Lipinski definition) is 7. The van der Waals surface area contributed by atoms with Gasteiger partial charge in [0.05, 0.1) is 27.5 Å². The molecule has 0 saturated carbocycles. The van der Waals surface area contributed by atoms with E-state index in [9.17, 15) is 4.79 Å². The fourth-order valence-corrected chi connectivity index (χ4v) is 3.26. The molecule has 0 aliphatic carbocycles. The number of rotatable bonds is 5. The van der Waals surface area contributed by atoms with E-state index in [2.05, 4.69) is 25.6 Å². The Kier molecular flexibility index (Phi) is 4.57. The lowest BCUT2D eigenvalue weighted by atomic mass is 10.2. The van der Waals surface area contributed by atoms with Crippen LogP contribution >= 0.6 is 22.9 Å². The first-order chi connectivity index (χ1) is 13.1. The highest BCUT2D eigenvalue weighted by molar-refractivity contribution is 7.16. The molecule has 0 atom stereocenters. The lowest BCUT2D eigenvalue weighted by Crippen LogP contribution is -2.02. The van der Waals surface area contributed by atoms with Crippen LogP contribution in [0.3, 0.4) is 0 Å². The maximum atomic E-state index is 10.9. The van der Waals surface area contributed by atoms with E-state index in [0.29, 0.717) is 22.5 Å². The number of aromatic carboxylic acids is 1. The van der Waals surface area contributed by atoms with Crippen molar-refractivity contribution in [2.24, 2.45) is 0 Å². The van der Waals surface area contributed by atoms with Crippen LogP contribution in [0.15, 0.2) is 54.2 Å². The molecular weight excluding hydrogens is 386 g/mol. The Morgan fingerprint density at radius 1 is 1.04 bits per heavy atom. The number of carboxylic acid groups (broad SMARTS) is 1. The molecule has 0 unspecified atom stereocenters. The van der Waals surface area contributed by atoms with Gasteiger partial charge in [-0.05, 0) is 42.5 Å². The highest BCUT2D eigenvalue weighted by Crippen LogP contribution is 2.28. The van der Waals surface area contributed by atoms with Crippen LogP contribution in [0.4, 0.5) is 23.1 Å². The summed E-state index contributed by atoms with van der Waals surface area (Å²) in [6, 6.07) is 12.1. The predicted molar refractivity (Wildman–Crippen MR) is 107 cm³/mol. The lowest BCUT2D eigenvalue weighted by Gasteiger charge is -2.10. The summed E-state index contributed by atoms with van der Waals surface area (Å²) in [6.07, 6.45) is 1.50. The molecule has 0 radical (unpaired) electrons. The molecule has 0 saturated heterocycles. The number of anilines is 4. The van der Waals surface area contributed by atoms with Crippen molar-refractivity contribution in [3.63, 3.8) is 0 Å². The van der Waals surface area contributed by atoms with Crippen molar-refractivity contribution in [2.75, 3.05) is 10.6 Å². The number of hydrogen-bond donors (Lipinski definition) is 3. The molecular formula is C18H12ClN5O2S. The van der Waals surface area contributed by atoms with Gasteiger partial charge in [0.2, 0.25) is 5.95 Å². The van der Waals surface area contributed by atoms with Crippen molar-refractivity contribution >= 4 is 62.3 Å². The summed E-state index contributed by atoms with van der Waals surface area (Å²) in [7, 11) is 0. The zero-order valence-corrected chi connectivity index (χ0v) is 15.3. The predicted octanol–water partition coefficient (Wildman–Crippen LogP) is 4.93. The SMILES string of the molecule is O=C(O)c1ccc(Nc2ncc(Cl)c(Nc3ccc4ncsc4c3)n2)cc1. The minimum Gasteiger partial charge on any atom is -0.478 e. The van der Waals surface area contributed by atoms with Crippen molar-refractivity contribution in [1.82, 2.24) is 15.0 Å². The number of benzene rings is 2. The van der Waals surface area contributed by atoms with Crippen molar-refractivity contribution in [1.29, 1.82) is 0 Å². The second-order valence-corrected chi connectivity index (χ2v) is 6.85. The molecule has 134 valence electrons. The maximum absolute atomic E-state index is 10.9. The Labute approximate surface area is 162 Å². The summed E-state index contributed by atoms with van der Waals surface area (Å²) >= 11 is 7.76. The second-order valence-electron chi connectivity index (χ2n) is 5.56. The van der Waals surface area contributed by atoms with E-state index in [0.717, 1.165) is 15.9 Å². The average molecular weight is 398 g/mol. The first-order valence-corrected chi connectivity index (χ1v) is 9.07. The average Bonchev–Trinajstić information content (AvgIpc) is 3.13. The molecule has 27 heavy (non-hydrogen) atoms. The van der Waals surface area contributed by atoms with Gasteiger partial charge >= 0.3 is 5.97 Å². The van der Waals surface area contributed by atoms with Gasteiger partial charge < -0.3 is 15.7 Å². The fraction of sp³-hybridized carbons (Fsp3) is 0. The largest absolute Gasteiger partial charge is 0.478 e. The molecule has 0 bridgehead atoms. The molecule has 4 aromatic rings. The van der Waals surface area contributed by atoms with Crippen molar-refractivity contribution in [3.8, 4) is 0 Å². The molecule has 2 heterocycles. The Morgan fingerprint density at radius 3 is 2.59 bits per heavy atom. The van der Waals surface area contributed by atoms with Crippen molar-refractivity contribution in [2.45, 2.75) is 0 Å². The molecule has 2 aromatic carbocycles. The van der Waals surface area contributed by atoms with Crippen LogP contribution in [-0.4, -0.2) is 26.0 Å². The summed E-state index contributed by atoms with van der Waals surface area (Å²) in [5.74, 6) is -0.183. The molecule has 0 fully saturated rings. The van der Waals surface area contributed by atoms with Crippen molar-refractivity contribution < 1.29 is 9.90 Å². The van der Waals surface area contributed by atoms with Gasteiger partial charge in [-0.3, -0.25) is 0 Å². The highest BCUT2D eigenvalue weighted by Gasteiger charge is 2.08. The van der Waals surface area contributed by atoms with Gasteiger partial charge in [-0.15, -0.1) is 11.3 Å². The number of nitrogens with zero attached hydrogens (tertiary/aromatic N) is 3. The van der Waals surface area contributed by atoms with Gasteiger partial charge in [-0.25, -0.2) is 14.8 Å². The monoisotopic (exact) mass is 397 g/mol. The van der Waals surface area contributed by atoms with Gasteiger partial charge in [0.1, 0.15) is 5.02 Å². The van der Waals surface area contributed by atoms with Crippen LogP contribution in [0.2, 0.25) is 5.02 Å². The van der Waals surface area contributed by atoms with Crippen molar-refractivity contribution in [3.05, 3.63) is 64.8 Å². The zero-order valence-electron chi connectivity index (χ0n) is 13.7. The molecule has 0 aliphatic rings. The number of aromatic nitrogens is 3. The van der Waals surface area contributed by atoms with Gasteiger partial charge in [0, 0.05) is 11.4 Å². The Balaban J connectivity index is 1.56. The molecule has 0 aliphatic heterocycles. The number of halogens is 1. The normalized spacial score (nSPS) is 10.7. The third-order valence-electron chi connectivity index (χ3n) is 3.73. The number of fused-ring (bicyclic) bond motifs is 1. The maximum Gasteiger partial charge on any atom is 0.335 e. The summed E-state index contributed by atoms with van der Waals surface area (Å²) in [5.41, 5.74) is 4.44. The Bertz CT molecular complexity index is 1130. The van der Waals surface area contributed by atoms with E-state index in [-0.39, 0.29) is 5.56 Å². The fourth-order valence-electron chi connectivity index (χ4n) is 2.41. The van der Waals surface area contributed by atoms with Crippen LogP contribution < -0.4 is 10.6 Å². The molecule has 0 amide bonds. The third-order valence-corrected chi connectivity index (χ3v) is 4.79. The number of carbonyl (C=O) groups is 1. The Morgan fingerprint density at radius 2 is 1.81 bits per heavy atom. The number of thiazole rings is 1. The van der Waals surface area contributed by atoms with Crippen LogP contribution in [0, 0.1) is 0 Å². The molecule has 2 aromatic heterocycles. The van der Waals surface area contributed by atoms with E-state index in [4.69, 9.17) is 16.7 Å². The molecule has 3 N–H and O–H groups in total. The van der Waals surface area contributed by atoms with E-state index < -0.39 is 5.97 Å². The standard InChI is InChI=1S/C18H12ClN5O2S/c19-13-8-20-18(23-11-3-1-10(2-4-11)17(25)26)24-16(13)22-12-5-6-14-15(7-12)27-9-21-14/h1-9H,(H,25,26)(H2,20,22,23,24). The zero-order chi connectivity index (χ0) is 18.8. The summed E-state index contributed by atoms with van der Waals surface area (Å²) in [5, 5.41) is 15.5. The van der Waals surface area contributed by atoms with Crippen LogP contribution in [0.5, 0.6) is 0 Å². The van der Waals surface area contributed by atoms with Gasteiger partial charge in [-0.1, -0.05) is 11.6 Å². The first-order valence-electron chi connectivity index (χ1n) is 7.82. The van der Waals surface area contributed by atoms with Crippen LogP contribution in [0.25, 0.3) is 10.2 Å². The molecule has 9 heteroatoms. The lowest BCUT2D eigenvalue weighted by molar-refractivity contribution is 0.0697. The minimum atomic E-state index is -0.978. The second kappa shape index (κ2) is 7.18. The smallest absolute Gasteiger partial charge is 0.335 e. The van der Waals surface area contributed by atoms with E-state index >= 15 is 0 Å². The Hall–Kier alpha value is -3.23. The quantitative estimate of drug-likeness (QED) is 0.439. The summed E-state index contributed by atoms with van der Waals surface area (Å²) in [4.78, 5) is 23.7. The minimum absolute atomic E-state index is 0.207. The van der Waals surface area contributed by atoms with E-state index in [1.54, 1.807) is 29.0 Å². The third kappa shape index (κ3) is 3.81. The first kappa shape index (κ1) is 17.2. The molecule has 0 spiro atoms. The van der Waals surface area contributed by atoms with Gasteiger partial charge in [0.25, 0.3) is 0 Å². The van der Waals surface area contributed by atoms with E-state index in [1.807, 2.05) is 18.2 Å².